The summed E-state index contributed by atoms with van der Waals surface area (Å²) in [5.74, 6) is 1.74. The summed E-state index contributed by atoms with van der Waals surface area (Å²) in [6.45, 7) is 0. The Morgan fingerprint density at radius 2 is 0.885 bits per heavy atom. The molecule has 284 valence electrons. The standard InChI is InChI=1S/C55H33N5O/c1-3-15-34(16-4-1)53-56-54(37-27-28-42-40-21-9-12-24-45(40)59(47(42)31-37)39-19-5-2-6-20-39)58-55(57-53)38-32-49(52-43-23-11-14-26-50(43)61-51(52)33-38)60-46-25-13-10-22-41(46)44-29-35-17-7-8-18-36(35)30-48(44)60/h1-33H. The Bertz CT molecular complexity index is 3880. The Kier molecular flexibility index (Phi) is 7.21. The predicted octanol–water partition coefficient (Wildman–Crippen LogP) is 14.1. The van der Waals surface area contributed by atoms with Gasteiger partial charge in [0.15, 0.2) is 17.5 Å². The van der Waals surface area contributed by atoms with E-state index in [1.54, 1.807) is 0 Å². The molecule has 0 unspecified atom stereocenters. The highest BCUT2D eigenvalue weighted by Crippen LogP contribution is 2.42. The molecule has 6 heteroatoms. The summed E-state index contributed by atoms with van der Waals surface area (Å²) < 4.78 is 11.4. The highest BCUT2D eigenvalue weighted by molar-refractivity contribution is 6.17. The summed E-state index contributed by atoms with van der Waals surface area (Å²) in [6.07, 6.45) is 0. The lowest BCUT2D eigenvalue weighted by atomic mass is 10.1. The van der Waals surface area contributed by atoms with Gasteiger partial charge in [-0.3, -0.25) is 0 Å². The Balaban J connectivity index is 1.09. The average molecular weight is 780 g/mol. The van der Waals surface area contributed by atoms with Crippen LogP contribution in [0.4, 0.5) is 0 Å². The fourth-order valence-corrected chi connectivity index (χ4v) is 9.37. The van der Waals surface area contributed by atoms with Crippen LogP contribution in [0.3, 0.4) is 0 Å². The number of furan rings is 1. The number of benzene rings is 9. The van der Waals surface area contributed by atoms with Gasteiger partial charge < -0.3 is 13.6 Å². The molecule has 0 bridgehead atoms. The van der Waals surface area contributed by atoms with Gasteiger partial charge >= 0.3 is 0 Å². The van der Waals surface area contributed by atoms with E-state index in [0.29, 0.717) is 17.5 Å². The topological polar surface area (TPSA) is 61.7 Å². The summed E-state index contributed by atoms with van der Waals surface area (Å²) in [5.41, 5.74) is 10.8. The number of fused-ring (bicyclic) bond motifs is 10. The second-order valence-electron chi connectivity index (χ2n) is 15.6. The second kappa shape index (κ2) is 13.1. The van der Waals surface area contributed by atoms with Gasteiger partial charge in [-0.1, -0.05) is 140 Å². The van der Waals surface area contributed by atoms with Crippen molar-refractivity contribution in [1.82, 2.24) is 24.1 Å². The van der Waals surface area contributed by atoms with Crippen LogP contribution in [0.1, 0.15) is 0 Å². The highest BCUT2D eigenvalue weighted by atomic mass is 16.3. The smallest absolute Gasteiger partial charge is 0.164 e. The van der Waals surface area contributed by atoms with Crippen LogP contribution in [-0.2, 0) is 0 Å². The molecule has 61 heavy (non-hydrogen) atoms. The van der Waals surface area contributed by atoms with E-state index in [0.717, 1.165) is 72.1 Å². The lowest BCUT2D eigenvalue weighted by Gasteiger charge is -2.13. The molecule has 0 aliphatic carbocycles. The van der Waals surface area contributed by atoms with E-state index in [1.165, 1.54) is 32.3 Å². The van der Waals surface area contributed by atoms with Crippen LogP contribution in [0.25, 0.3) is 122 Å². The zero-order valence-corrected chi connectivity index (χ0v) is 32.7. The van der Waals surface area contributed by atoms with Crippen molar-refractivity contribution in [2.45, 2.75) is 0 Å². The first-order chi connectivity index (χ1) is 30.2. The number of hydrogen-bond donors (Lipinski definition) is 0. The molecule has 0 saturated heterocycles. The zero-order valence-electron chi connectivity index (χ0n) is 32.7. The molecule has 13 rings (SSSR count). The van der Waals surface area contributed by atoms with E-state index in [9.17, 15) is 0 Å². The van der Waals surface area contributed by atoms with Crippen LogP contribution < -0.4 is 0 Å². The van der Waals surface area contributed by atoms with Gasteiger partial charge in [-0.2, -0.15) is 0 Å². The van der Waals surface area contributed by atoms with E-state index in [1.807, 2.05) is 30.3 Å². The Labute approximate surface area is 349 Å². The van der Waals surface area contributed by atoms with E-state index < -0.39 is 0 Å². The minimum atomic E-state index is 0.558. The van der Waals surface area contributed by atoms with Crippen LogP contribution in [-0.4, -0.2) is 24.1 Å². The van der Waals surface area contributed by atoms with Crippen molar-refractivity contribution in [3.05, 3.63) is 200 Å². The Morgan fingerprint density at radius 1 is 0.328 bits per heavy atom. The molecule has 0 radical (unpaired) electrons. The van der Waals surface area contributed by atoms with Crippen LogP contribution in [0.5, 0.6) is 0 Å². The predicted molar refractivity (Wildman–Crippen MR) is 250 cm³/mol. The molecule has 9 aromatic carbocycles. The molecule has 0 saturated carbocycles. The van der Waals surface area contributed by atoms with Gasteiger partial charge in [-0.15, -0.1) is 0 Å². The number of hydrogen-bond acceptors (Lipinski definition) is 4. The van der Waals surface area contributed by atoms with E-state index in [2.05, 4.69) is 179 Å². The number of para-hydroxylation sites is 4. The molecular weight excluding hydrogens is 747 g/mol. The second-order valence-corrected chi connectivity index (χ2v) is 15.6. The van der Waals surface area contributed by atoms with Gasteiger partial charge in [0.05, 0.1) is 33.1 Å². The normalized spacial score (nSPS) is 11.9. The van der Waals surface area contributed by atoms with Crippen LogP contribution in [0, 0.1) is 0 Å². The summed E-state index contributed by atoms with van der Waals surface area (Å²) in [5, 5.41) is 9.21. The lowest BCUT2D eigenvalue weighted by molar-refractivity contribution is 0.669. The van der Waals surface area contributed by atoms with Gasteiger partial charge in [-0.25, -0.2) is 15.0 Å². The largest absolute Gasteiger partial charge is 0.456 e. The fourth-order valence-electron chi connectivity index (χ4n) is 9.37. The van der Waals surface area contributed by atoms with Crippen molar-refractivity contribution in [3.8, 4) is 45.5 Å². The van der Waals surface area contributed by atoms with Crippen molar-refractivity contribution in [3.63, 3.8) is 0 Å². The van der Waals surface area contributed by atoms with Gasteiger partial charge in [0.1, 0.15) is 11.2 Å². The van der Waals surface area contributed by atoms with Gasteiger partial charge in [0.25, 0.3) is 0 Å². The SMILES string of the molecule is c1ccc(-c2nc(-c3cc(-n4c5ccccc5c5cc6ccccc6cc54)c4c(c3)oc3ccccc34)nc(-c3ccc4c5ccccc5n(-c5ccccc5)c4c3)n2)cc1. The molecule has 13 aromatic rings. The van der Waals surface area contributed by atoms with Crippen molar-refractivity contribution in [1.29, 1.82) is 0 Å². The minimum Gasteiger partial charge on any atom is -0.456 e. The fraction of sp³-hybridized carbons (Fsp3) is 0. The maximum atomic E-state index is 6.72. The summed E-state index contributed by atoms with van der Waals surface area (Å²) >= 11 is 0. The maximum absolute atomic E-state index is 6.72. The third-order valence-corrected chi connectivity index (χ3v) is 12.1. The number of aromatic nitrogens is 5. The lowest BCUT2D eigenvalue weighted by Crippen LogP contribution is -2.02. The molecular formula is C55H33N5O. The molecule has 0 fully saturated rings. The van der Waals surface area contributed by atoms with Gasteiger partial charge in [0, 0.05) is 49.3 Å². The van der Waals surface area contributed by atoms with Crippen molar-refractivity contribution in [2.24, 2.45) is 0 Å². The summed E-state index contributed by atoms with van der Waals surface area (Å²) in [4.78, 5) is 15.7. The highest BCUT2D eigenvalue weighted by Gasteiger charge is 2.22. The maximum Gasteiger partial charge on any atom is 0.164 e. The van der Waals surface area contributed by atoms with Crippen molar-refractivity contribution < 1.29 is 4.42 Å². The molecule has 6 nitrogen and oxygen atoms in total. The third kappa shape index (κ3) is 5.19. The Morgan fingerprint density at radius 3 is 1.66 bits per heavy atom. The summed E-state index contributed by atoms with van der Waals surface area (Å²) in [7, 11) is 0. The molecule has 0 atom stereocenters. The molecule has 4 heterocycles. The van der Waals surface area contributed by atoms with Crippen molar-refractivity contribution >= 4 is 76.3 Å². The number of nitrogens with zero attached hydrogens (tertiary/aromatic N) is 5. The molecule has 0 aliphatic heterocycles. The quantitative estimate of drug-likeness (QED) is 0.175. The first-order valence-corrected chi connectivity index (χ1v) is 20.5. The molecule has 0 N–H and O–H groups in total. The molecule has 4 aromatic heterocycles. The van der Waals surface area contributed by atoms with E-state index in [4.69, 9.17) is 19.4 Å². The first-order valence-electron chi connectivity index (χ1n) is 20.5. The number of rotatable bonds is 5. The van der Waals surface area contributed by atoms with Crippen LogP contribution in [0.2, 0.25) is 0 Å². The monoisotopic (exact) mass is 779 g/mol. The molecule has 0 amide bonds. The zero-order chi connectivity index (χ0) is 40.0. The van der Waals surface area contributed by atoms with Crippen LogP contribution >= 0.6 is 0 Å². The van der Waals surface area contributed by atoms with Gasteiger partial charge in [0.2, 0.25) is 0 Å². The minimum absolute atomic E-state index is 0.558. The summed E-state index contributed by atoms with van der Waals surface area (Å²) in [6, 6.07) is 70.3. The van der Waals surface area contributed by atoms with Gasteiger partial charge in [-0.05, 0) is 71.4 Å². The average Bonchev–Trinajstić information content (AvgIpc) is 3.98. The van der Waals surface area contributed by atoms with Crippen molar-refractivity contribution in [2.75, 3.05) is 0 Å². The Hall–Kier alpha value is -8.35. The first kappa shape index (κ1) is 33.6. The van der Waals surface area contributed by atoms with E-state index in [-0.39, 0.29) is 0 Å². The van der Waals surface area contributed by atoms with E-state index >= 15 is 0 Å². The molecule has 0 aliphatic rings. The molecule has 0 spiro atoms. The van der Waals surface area contributed by atoms with Crippen LogP contribution in [0.15, 0.2) is 205 Å². The third-order valence-electron chi connectivity index (χ3n) is 12.1.